The van der Waals surface area contributed by atoms with Crippen molar-refractivity contribution in [2.45, 2.75) is 65.8 Å². The lowest BCUT2D eigenvalue weighted by atomic mass is 9.97. The van der Waals surface area contributed by atoms with Gasteiger partial charge in [-0.3, -0.25) is 4.79 Å². The number of piperidine rings is 1. The van der Waals surface area contributed by atoms with Crippen LogP contribution >= 0.6 is 0 Å². The fourth-order valence-corrected chi connectivity index (χ4v) is 4.31. The largest absolute Gasteiger partial charge is 0.491 e. The molecule has 0 aliphatic carbocycles. The number of carbonyl (C=O) groups excluding carboxylic acids is 1. The summed E-state index contributed by atoms with van der Waals surface area (Å²) in [7, 11) is 0. The Hall–Kier alpha value is -2.89. The van der Waals surface area contributed by atoms with E-state index >= 15 is 0 Å². The maximum Gasteiger partial charge on any atom is 0.276 e. The molecule has 1 fully saturated rings. The Morgan fingerprint density at radius 2 is 2.00 bits per heavy atom. The molecule has 1 amide bonds. The van der Waals surface area contributed by atoms with Crippen LogP contribution in [0.25, 0.3) is 5.65 Å². The van der Waals surface area contributed by atoms with Gasteiger partial charge in [0, 0.05) is 37.1 Å². The van der Waals surface area contributed by atoms with Crippen LogP contribution in [0.15, 0.2) is 30.6 Å². The van der Waals surface area contributed by atoms with Gasteiger partial charge in [0.2, 0.25) is 0 Å². The zero-order valence-corrected chi connectivity index (χ0v) is 19.0. The van der Waals surface area contributed by atoms with Crippen molar-refractivity contribution in [2.24, 2.45) is 0 Å². The summed E-state index contributed by atoms with van der Waals surface area (Å²) in [5.41, 5.74) is 5.72. The van der Waals surface area contributed by atoms with Crippen LogP contribution in [0.4, 0.5) is 0 Å². The van der Waals surface area contributed by atoms with Crippen LogP contribution in [0, 0.1) is 20.8 Å². The molecular formula is C25H32N4O2. The second kappa shape index (κ2) is 9.08. The summed E-state index contributed by atoms with van der Waals surface area (Å²) < 4.78 is 7.93. The molecule has 1 aliphatic rings. The average Bonchev–Trinajstić information content (AvgIpc) is 3.19. The fraction of sp³-hybridized carbons (Fsp3) is 0.480. The molecule has 0 N–H and O–H groups in total. The van der Waals surface area contributed by atoms with E-state index in [1.165, 1.54) is 11.1 Å². The number of aromatic nitrogens is 3. The van der Waals surface area contributed by atoms with E-state index in [2.05, 4.69) is 48.6 Å². The molecule has 6 nitrogen and oxygen atoms in total. The van der Waals surface area contributed by atoms with E-state index in [0.29, 0.717) is 18.1 Å². The van der Waals surface area contributed by atoms with Crippen molar-refractivity contribution in [3.63, 3.8) is 0 Å². The highest BCUT2D eigenvalue weighted by atomic mass is 16.5. The van der Waals surface area contributed by atoms with E-state index in [9.17, 15) is 4.79 Å². The first kappa shape index (κ1) is 21.3. The van der Waals surface area contributed by atoms with Crippen molar-refractivity contribution in [2.75, 3.05) is 13.2 Å². The zero-order chi connectivity index (χ0) is 22.0. The molecule has 6 heteroatoms. The number of nitrogens with zero attached hydrogens (tertiary/aromatic N) is 4. The van der Waals surface area contributed by atoms with Crippen molar-refractivity contribution in [3.8, 4) is 5.75 Å². The Kier molecular flexibility index (Phi) is 6.25. The molecule has 3 aromatic heterocycles. The van der Waals surface area contributed by atoms with Gasteiger partial charge >= 0.3 is 0 Å². The minimum atomic E-state index is -0.0321. The van der Waals surface area contributed by atoms with E-state index < -0.39 is 0 Å². The number of hydrogen-bond acceptors (Lipinski definition) is 4. The quantitative estimate of drug-likeness (QED) is 0.581. The monoisotopic (exact) mass is 420 g/mol. The molecule has 0 saturated carbocycles. The summed E-state index contributed by atoms with van der Waals surface area (Å²) in [5.74, 6) is 0.552. The predicted molar refractivity (Wildman–Crippen MR) is 122 cm³/mol. The number of imidazole rings is 1. The lowest BCUT2D eigenvalue weighted by molar-refractivity contribution is 0.0601. The molecule has 0 spiro atoms. The molecule has 1 atom stereocenters. The highest BCUT2D eigenvalue weighted by molar-refractivity contribution is 5.95. The van der Waals surface area contributed by atoms with Gasteiger partial charge in [0.1, 0.15) is 5.65 Å². The van der Waals surface area contributed by atoms with Gasteiger partial charge in [0.25, 0.3) is 5.91 Å². The summed E-state index contributed by atoms with van der Waals surface area (Å²) in [6.45, 7) is 9.51. The molecule has 0 radical (unpaired) electrons. The Bertz CT molecular complexity index is 1090. The maximum absolute atomic E-state index is 13.6. The van der Waals surface area contributed by atoms with Gasteiger partial charge in [-0.2, -0.15) is 0 Å². The predicted octanol–water partition coefficient (Wildman–Crippen LogP) is 4.68. The molecule has 31 heavy (non-hydrogen) atoms. The number of likely N-dealkylation sites (tertiary alicyclic amines) is 1. The third-order valence-corrected chi connectivity index (χ3v) is 6.19. The number of pyridine rings is 2. The van der Waals surface area contributed by atoms with Gasteiger partial charge in [-0.1, -0.05) is 6.92 Å². The number of rotatable bonds is 6. The van der Waals surface area contributed by atoms with Crippen LogP contribution in [0.1, 0.15) is 65.6 Å². The molecule has 1 aliphatic heterocycles. The normalized spacial score (nSPS) is 16.6. The van der Waals surface area contributed by atoms with Crippen LogP contribution in [0.2, 0.25) is 0 Å². The molecule has 1 saturated heterocycles. The van der Waals surface area contributed by atoms with E-state index in [-0.39, 0.29) is 11.9 Å². The van der Waals surface area contributed by atoms with Crippen molar-refractivity contribution in [1.29, 1.82) is 0 Å². The zero-order valence-electron chi connectivity index (χ0n) is 19.0. The Balaban J connectivity index is 1.60. The first-order chi connectivity index (χ1) is 15.0. The summed E-state index contributed by atoms with van der Waals surface area (Å²) in [6, 6.07) is 6.01. The summed E-state index contributed by atoms with van der Waals surface area (Å²) in [5, 5.41) is 0. The topological polar surface area (TPSA) is 59.7 Å². The van der Waals surface area contributed by atoms with Gasteiger partial charge in [0.05, 0.1) is 12.3 Å². The SMILES string of the molecule is CCCOc1ccc(C)nc1C(=O)N1CCCCC1Cc1cn2ccc(C)c(C)c2n1. The third-order valence-electron chi connectivity index (χ3n) is 6.19. The first-order valence-electron chi connectivity index (χ1n) is 11.3. The van der Waals surface area contributed by atoms with E-state index in [1.54, 1.807) is 0 Å². The van der Waals surface area contributed by atoms with E-state index in [0.717, 1.165) is 55.7 Å². The van der Waals surface area contributed by atoms with E-state index in [1.807, 2.05) is 24.0 Å². The highest BCUT2D eigenvalue weighted by Crippen LogP contribution is 2.26. The van der Waals surface area contributed by atoms with Crippen molar-refractivity contribution >= 4 is 11.6 Å². The number of carbonyl (C=O) groups is 1. The standard InChI is InChI=1S/C25H32N4O2/c1-5-14-31-22-10-9-18(3)26-23(22)25(30)29-12-7-6-8-21(29)15-20-16-28-13-11-17(2)19(4)24(28)27-20/h9-11,13,16,21H,5-8,12,14-15H2,1-4H3. The van der Waals surface area contributed by atoms with E-state index in [4.69, 9.17) is 9.72 Å². The van der Waals surface area contributed by atoms with Crippen molar-refractivity contribution in [1.82, 2.24) is 19.3 Å². The van der Waals surface area contributed by atoms with Crippen LogP contribution in [-0.4, -0.2) is 44.4 Å². The minimum Gasteiger partial charge on any atom is -0.491 e. The Labute approximate surface area is 184 Å². The molecule has 1 unspecified atom stereocenters. The number of amides is 1. The number of fused-ring (bicyclic) bond motifs is 1. The summed E-state index contributed by atoms with van der Waals surface area (Å²) in [6.07, 6.45) is 8.92. The Morgan fingerprint density at radius 3 is 2.81 bits per heavy atom. The van der Waals surface area contributed by atoms with Gasteiger partial charge in [0.15, 0.2) is 11.4 Å². The van der Waals surface area contributed by atoms with Gasteiger partial charge in [-0.25, -0.2) is 9.97 Å². The second-order valence-corrected chi connectivity index (χ2v) is 8.59. The number of hydrogen-bond donors (Lipinski definition) is 0. The first-order valence-corrected chi connectivity index (χ1v) is 11.3. The molecular weight excluding hydrogens is 388 g/mol. The molecule has 164 valence electrons. The fourth-order valence-electron chi connectivity index (χ4n) is 4.31. The van der Waals surface area contributed by atoms with Gasteiger partial charge in [-0.15, -0.1) is 0 Å². The van der Waals surface area contributed by atoms with Gasteiger partial charge < -0.3 is 14.0 Å². The van der Waals surface area contributed by atoms with Crippen molar-refractivity contribution in [3.05, 3.63) is 58.8 Å². The third kappa shape index (κ3) is 4.43. The van der Waals surface area contributed by atoms with Crippen LogP contribution in [0.3, 0.4) is 0 Å². The molecule has 4 heterocycles. The average molecular weight is 421 g/mol. The highest BCUT2D eigenvalue weighted by Gasteiger charge is 2.31. The Morgan fingerprint density at radius 1 is 1.16 bits per heavy atom. The van der Waals surface area contributed by atoms with Gasteiger partial charge in [-0.05, 0) is 75.8 Å². The second-order valence-electron chi connectivity index (χ2n) is 8.59. The summed E-state index contributed by atoms with van der Waals surface area (Å²) in [4.78, 5) is 25.0. The number of ether oxygens (including phenoxy) is 1. The van der Waals surface area contributed by atoms with Crippen LogP contribution in [0.5, 0.6) is 5.75 Å². The lowest BCUT2D eigenvalue weighted by Gasteiger charge is -2.35. The number of aryl methyl sites for hydroxylation is 3. The molecule has 3 aromatic rings. The van der Waals surface area contributed by atoms with Crippen molar-refractivity contribution < 1.29 is 9.53 Å². The minimum absolute atomic E-state index is 0.0321. The maximum atomic E-state index is 13.6. The molecule has 0 bridgehead atoms. The van der Waals surface area contributed by atoms with Crippen LogP contribution in [-0.2, 0) is 6.42 Å². The molecule has 0 aromatic carbocycles. The van der Waals surface area contributed by atoms with Crippen LogP contribution < -0.4 is 4.74 Å². The summed E-state index contributed by atoms with van der Waals surface area (Å²) >= 11 is 0. The molecule has 4 rings (SSSR count). The smallest absolute Gasteiger partial charge is 0.276 e. The lowest BCUT2D eigenvalue weighted by Crippen LogP contribution is -2.45.